The molecule has 6 heteroatoms. The highest BCUT2D eigenvalue weighted by molar-refractivity contribution is 8.00. The van der Waals surface area contributed by atoms with Gasteiger partial charge < -0.3 is 5.32 Å². The third kappa shape index (κ3) is 5.59. The summed E-state index contributed by atoms with van der Waals surface area (Å²) in [5.74, 6) is 0.798. The lowest BCUT2D eigenvalue weighted by molar-refractivity contribution is -0.115. The fourth-order valence-electron chi connectivity index (χ4n) is 2.17. The molecule has 0 spiro atoms. The largest absolute Gasteiger partial charge is 0.326 e. The molecule has 0 saturated carbocycles. The minimum Gasteiger partial charge on any atom is -0.326 e. The molecule has 1 heterocycles. The van der Waals surface area contributed by atoms with Crippen molar-refractivity contribution in [2.24, 2.45) is 0 Å². The van der Waals surface area contributed by atoms with Crippen molar-refractivity contribution < 1.29 is 4.79 Å². The van der Waals surface area contributed by atoms with E-state index in [1.165, 1.54) is 11.1 Å². The molecule has 3 aromatic rings. The quantitative estimate of drug-likeness (QED) is 0.560. The molecule has 3 nitrogen and oxygen atoms in total. The zero-order valence-corrected chi connectivity index (χ0v) is 16.0. The van der Waals surface area contributed by atoms with E-state index >= 15 is 0 Å². The average molecular weight is 389 g/mol. The Labute approximate surface area is 160 Å². The lowest BCUT2D eigenvalue weighted by atomic mass is 10.2. The smallest absolute Gasteiger partial charge is 0.230 e. The molecule has 0 aliphatic heterocycles. The van der Waals surface area contributed by atoms with Crippen molar-refractivity contribution >= 4 is 46.3 Å². The van der Waals surface area contributed by atoms with Gasteiger partial charge in [-0.25, -0.2) is 4.98 Å². The number of nitrogens with zero attached hydrogens (tertiary/aromatic N) is 1. The standard InChI is InChI=1S/C19H17ClN2OS2/c1-13-2-4-14(5-3-13)11-24-19-22-17(12-25-19)10-18(23)21-16-8-6-15(20)7-9-16/h2-9,12H,10-11H2,1H3,(H,21,23). The van der Waals surface area contributed by atoms with Crippen molar-refractivity contribution in [2.75, 3.05) is 5.32 Å². The number of anilines is 1. The topological polar surface area (TPSA) is 42.0 Å². The first-order valence-corrected chi connectivity index (χ1v) is 10.0. The van der Waals surface area contributed by atoms with E-state index in [-0.39, 0.29) is 12.3 Å². The maximum absolute atomic E-state index is 12.1. The van der Waals surface area contributed by atoms with Gasteiger partial charge in [0.25, 0.3) is 0 Å². The van der Waals surface area contributed by atoms with Crippen LogP contribution in [0.5, 0.6) is 0 Å². The fraction of sp³-hybridized carbons (Fsp3) is 0.158. The number of thioether (sulfide) groups is 1. The van der Waals surface area contributed by atoms with Crippen LogP contribution in [0.1, 0.15) is 16.8 Å². The predicted octanol–water partition coefficient (Wildman–Crippen LogP) is 5.58. The highest BCUT2D eigenvalue weighted by Crippen LogP contribution is 2.26. The van der Waals surface area contributed by atoms with Gasteiger partial charge in [-0.05, 0) is 36.8 Å². The van der Waals surface area contributed by atoms with Crippen LogP contribution in [-0.4, -0.2) is 10.9 Å². The van der Waals surface area contributed by atoms with Gasteiger partial charge in [0.05, 0.1) is 12.1 Å². The first-order chi connectivity index (χ1) is 12.1. The van der Waals surface area contributed by atoms with Crippen molar-refractivity contribution in [1.29, 1.82) is 0 Å². The van der Waals surface area contributed by atoms with E-state index < -0.39 is 0 Å². The van der Waals surface area contributed by atoms with E-state index in [0.29, 0.717) is 5.02 Å². The van der Waals surface area contributed by atoms with Gasteiger partial charge >= 0.3 is 0 Å². The maximum Gasteiger partial charge on any atom is 0.230 e. The van der Waals surface area contributed by atoms with Crippen LogP contribution >= 0.6 is 34.7 Å². The van der Waals surface area contributed by atoms with Crippen LogP contribution in [0.4, 0.5) is 5.69 Å². The number of rotatable bonds is 6. The molecule has 0 aliphatic rings. The number of aromatic nitrogens is 1. The molecule has 1 N–H and O–H groups in total. The molecule has 3 rings (SSSR count). The van der Waals surface area contributed by atoms with E-state index in [9.17, 15) is 4.79 Å². The minimum absolute atomic E-state index is 0.0808. The Hall–Kier alpha value is -1.82. The molecule has 0 saturated heterocycles. The molecule has 0 bridgehead atoms. The fourth-order valence-corrected chi connectivity index (χ4v) is 4.09. The SMILES string of the molecule is Cc1ccc(CSc2nc(CC(=O)Nc3ccc(Cl)cc3)cs2)cc1. The van der Waals surface area contributed by atoms with Gasteiger partial charge in [0.15, 0.2) is 0 Å². The predicted molar refractivity (Wildman–Crippen MR) is 107 cm³/mol. The zero-order valence-electron chi connectivity index (χ0n) is 13.7. The average Bonchev–Trinajstić information content (AvgIpc) is 3.04. The second-order valence-electron chi connectivity index (χ2n) is 5.61. The lowest BCUT2D eigenvalue weighted by Crippen LogP contribution is -2.14. The van der Waals surface area contributed by atoms with Gasteiger partial charge in [-0.15, -0.1) is 11.3 Å². The third-order valence-corrected chi connectivity index (χ3v) is 5.88. The number of nitrogens with one attached hydrogen (secondary N) is 1. The van der Waals surface area contributed by atoms with Gasteiger partial charge in [0.2, 0.25) is 5.91 Å². The molecule has 0 unspecified atom stereocenters. The summed E-state index contributed by atoms with van der Waals surface area (Å²) >= 11 is 9.11. The molecular formula is C19H17ClN2OS2. The molecule has 25 heavy (non-hydrogen) atoms. The summed E-state index contributed by atoms with van der Waals surface area (Å²) in [6, 6.07) is 15.6. The zero-order chi connectivity index (χ0) is 17.6. The van der Waals surface area contributed by atoms with Crippen LogP contribution in [-0.2, 0) is 17.0 Å². The van der Waals surface area contributed by atoms with E-state index in [4.69, 9.17) is 11.6 Å². The summed E-state index contributed by atoms with van der Waals surface area (Å²) in [7, 11) is 0. The second kappa shape index (κ2) is 8.52. The number of aryl methyl sites for hydroxylation is 1. The first-order valence-electron chi connectivity index (χ1n) is 7.77. The summed E-state index contributed by atoms with van der Waals surface area (Å²) in [5, 5.41) is 5.44. The Morgan fingerprint density at radius 3 is 2.60 bits per heavy atom. The Morgan fingerprint density at radius 1 is 1.16 bits per heavy atom. The van der Waals surface area contributed by atoms with E-state index in [1.54, 1.807) is 47.4 Å². The van der Waals surface area contributed by atoms with Crippen molar-refractivity contribution in [3.05, 3.63) is 75.8 Å². The number of halogens is 1. The van der Waals surface area contributed by atoms with Crippen molar-refractivity contribution in [2.45, 2.75) is 23.4 Å². The van der Waals surface area contributed by atoms with Crippen molar-refractivity contribution in [1.82, 2.24) is 4.98 Å². The molecular weight excluding hydrogens is 372 g/mol. The molecule has 2 aromatic carbocycles. The summed E-state index contributed by atoms with van der Waals surface area (Å²) < 4.78 is 0.981. The van der Waals surface area contributed by atoms with Gasteiger partial charge in [0.1, 0.15) is 4.34 Å². The number of hydrogen-bond donors (Lipinski definition) is 1. The van der Waals surface area contributed by atoms with Crippen molar-refractivity contribution in [3.63, 3.8) is 0 Å². The molecule has 0 atom stereocenters. The van der Waals surface area contributed by atoms with Crippen LogP contribution in [0.3, 0.4) is 0 Å². The number of thiazole rings is 1. The van der Waals surface area contributed by atoms with E-state index in [0.717, 1.165) is 21.5 Å². The highest BCUT2D eigenvalue weighted by atomic mass is 35.5. The number of benzene rings is 2. The van der Waals surface area contributed by atoms with Gasteiger partial charge in [-0.2, -0.15) is 0 Å². The Kier molecular flexibility index (Phi) is 6.13. The van der Waals surface area contributed by atoms with Crippen LogP contribution < -0.4 is 5.32 Å². The monoisotopic (exact) mass is 388 g/mol. The summed E-state index contributed by atoms with van der Waals surface area (Å²) in [6.45, 7) is 2.08. The molecule has 1 amide bonds. The first kappa shape index (κ1) is 18.0. The normalized spacial score (nSPS) is 10.6. The molecule has 1 aromatic heterocycles. The van der Waals surface area contributed by atoms with Gasteiger partial charge in [-0.1, -0.05) is 53.2 Å². The lowest BCUT2D eigenvalue weighted by Gasteiger charge is -2.03. The van der Waals surface area contributed by atoms with Crippen molar-refractivity contribution in [3.8, 4) is 0 Å². The van der Waals surface area contributed by atoms with E-state index in [2.05, 4.69) is 41.5 Å². The Balaban J connectivity index is 1.51. The number of amides is 1. The summed E-state index contributed by atoms with van der Waals surface area (Å²) in [5.41, 5.74) is 4.06. The number of carbonyl (C=O) groups is 1. The molecule has 0 fully saturated rings. The number of hydrogen-bond acceptors (Lipinski definition) is 4. The number of carbonyl (C=O) groups excluding carboxylic acids is 1. The Morgan fingerprint density at radius 2 is 1.88 bits per heavy atom. The summed E-state index contributed by atoms with van der Waals surface area (Å²) in [4.78, 5) is 16.6. The highest BCUT2D eigenvalue weighted by Gasteiger charge is 2.09. The van der Waals surface area contributed by atoms with Crippen LogP contribution in [0.2, 0.25) is 5.02 Å². The second-order valence-corrected chi connectivity index (χ2v) is 8.13. The molecule has 0 aliphatic carbocycles. The molecule has 0 radical (unpaired) electrons. The minimum atomic E-state index is -0.0808. The maximum atomic E-state index is 12.1. The molecule has 128 valence electrons. The van der Waals surface area contributed by atoms with Crippen LogP contribution in [0, 0.1) is 6.92 Å². The Bertz CT molecular complexity index is 845. The van der Waals surface area contributed by atoms with Crippen LogP contribution in [0.15, 0.2) is 58.3 Å². The van der Waals surface area contributed by atoms with Crippen LogP contribution in [0.25, 0.3) is 0 Å². The van der Waals surface area contributed by atoms with Gasteiger partial charge in [-0.3, -0.25) is 4.79 Å². The van der Waals surface area contributed by atoms with E-state index in [1.807, 2.05) is 5.38 Å². The third-order valence-electron chi connectivity index (χ3n) is 3.48. The van der Waals surface area contributed by atoms with Gasteiger partial charge in [0, 0.05) is 21.8 Å². The summed E-state index contributed by atoms with van der Waals surface area (Å²) in [6.07, 6.45) is 0.268.